The molecule has 0 aromatic heterocycles. The highest BCUT2D eigenvalue weighted by Crippen LogP contribution is 2.32. The smallest absolute Gasteiger partial charge is 0.338 e. The van der Waals surface area contributed by atoms with E-state index in [2.05, 4.69) is 5.32 Å². The molecule has 1 aliphatic rings. The van der Waals surface area contributed by atoms with Gasteiger partial charge in [0.2, 0.25) is 6.79 Å². The number of benzene rings is 2. The molecule has 0 aliphatic carbocycles. The van der Waals surface area contributed by atoms with Gasteiger partial charge < -0.3 is 19.5 Å². The van der Waals surface area contributed by atoms with Gasteiger partial charge in [-0.25, -0.2) is 4.79 Å². The fraction of sp³-hybridized carbons (Fsp3) is 0.222. The van der Waals surface area contributed by atoms with E-state index in [-0.39, 0.29) is 13.3 Å². The molecule has 1 amide bonds. The summed E-state index contributed by atoms with van der Waals surface area (Å²) >= 11 is 5.84. The molecule has 3 rings (SSSR count). The van der Waals surface area contributed by atoms with Gasteiger partial charge >= 0.3 is 5.97 Å². The largest absolute Gasteiger partial charge is 0.454 e. The lowest BCUT2D eigenvalue weighted by molar-refractivity contribution is -0.129. The van der Waals surface area contributed by atoms with Gasteiger partial charge in [-0.2, -0.15) is 0 Å². The van der Waals surface area contributed by atoms with Crippen molar-refractivity contribution in [1.82, 2.24) is 5.32 Å². The van der Waals surface area contributed by atoms with Gasteiger partial charge in [-0.05, 0) is 42.8 Å². The normalized spacial score (nSPS) is 13.2. The molecule has 2 aromatic rings. The summed E-state index contributed by atoms with van der Waals surface area (Å²) in [7, 11) is 0. The number of halogens is 1. The second-order valence-electron chi connectivity index (χ2n) is 5.46. The zero-order chi connectivity index (χ0) is 17.8. The maximum absolute atomic E-state index is 12.1. The molecule has 7 heteroatoms. The van der Waals surface area contributed by atoms with Crippen molar-refractivity contribution in [3.05, 3.63) is 58.6 Å². The molecule has 1 atom stereocenters. The van der Waals surface area contributed by atoms with Crippen molar-refractivity contribution in [3.8, 4) is 11.5 Å². The van der Waals surface area contributed by atoms with Gasteiger partial charge in [0.1, 0.15) is 0 Å². The Hall–Kier alpha value is -2.73. The zero-order valence-corrected chi connectivity index (χ0v) is 14.2. The predicted octanol–water partition coefficient (Wildman–Crippen LogP) is 2.93. The van der Waals surface area contributed by atoms with E-state index in [4.69, 9.17) is 25.8 Å². The first kappa shape index (κ1) is 17.1. The fourth-order valence-electron chi connectivity index (χ4n) is 2.28. The lowest BCUT2D eigenvalue weighted by atomic mass is 10.2. The Morgan fingerprint density at radius 1 is 1.20 bits per heavy atom. The molecule has 2 aromatic carbocycles. The number of hydrogen-bond acceptors (Lipinski definition) is 5. The average Bonchev–Trinajstić information content (AvgIpc) is 3.07. The Balaban J connectivity index is 1.53. The van der Waals surface area contributed by atoms with Crippen LogP contribution in [0.2, 0.25) is 5.02 Å². The Bertz CT molecular complexity index is 808. The molecule has 0 saturated heterocycles. The summed E-state index contributed by atoms with van der Waals surface area (Å²) in [5.74, 6) is 0.326. The molecule has 1 N–H and O–H groups in total. The van der Waals surface area contributed by atoms with E-state index in [1.807, 2.05) is 6.07 Å². The number of rotatable bonds is 5. The minimum atomic E-state index is -0.930. The highest BCUT2D eigenvalue weighted by atomic mass is 35.5. The molecule has 25 heavy (non-hydrogen) atoms. The molecular formula is C18H16ClNO5. The van der Waals surface area contributed by atoms with Crippen LogP contribution in [0.5, 0.6) is 11.5 Å². The Morgan fingerprint density at radius 3 is 2.80 bits per heavy atom. The minimum Gasteiger partial charge on any atom is -0.454 e. The first-order valence-corrected chi connectivity index (χ1v) is 8.03. The van der Waals surface area contributed by atoms with E-state index in [1.165, 1.54) is 13.0 Å². The quantitative estimate of drug-likeness (QED) is 0.829. The molecule has 0 fully saturated rings. The summed E-state index contributed by atoms with van der Waals surface area (Å²) in [6.45, 7) is 1.99. The van der Waals surface area contributed by atoms with Gasteiger partial charge in [-0.1, -0.05) is 23.7 Å². The number of ether oxygens (including phenoxy) is 3. The van der Waals surface area contributed by atoms with Gasteiger partial charge in [-0.15, -0.1) is 0 Å². The molecule has 0 radical (unpaired) electrons. The molecule has 0 bridgehead atoms. The highest BCUT2D eigenvalue weighted by Gasteiger charge is 2.19. The van der Waals surface area contributed by atoms with Crippen LogP contribution >= 0.6 is 11.6 Å². The number of carbonyl (C=O) groups is 2. The Morgan fingerprint density at radius 2 is 2.00 bits per heavy atom. The number of fused-ring (bicyclic) bond motifs is 1. The van der Waals surface area contributed by atoms with Crippen LogP contribution in [-0.4, -0.2) is 24.8 Å². The summed E-state index contributed by atoms with van der Waals surface area (Å²) in [4.78, 5) is 24.1. The van der Waals surface area contributed by atoms with Gasteiger partial charge in [0.05, 0.1) is 5.56 Å². The van der Waals surface area contributed by atoms with E-state index >= 15 is 0 Å². The van der Waals surface area contributed by atoms with Crippen LogP contribution in [0.3, 0.4) is 0 Å². The van der Waals surface area contributed by atoms with E-state index in [9.17, 15) is 9.59 Å². The van der Waals surface area contributed by atoms with Crippen molar-refractivity contribution < 1.29 is 23.8 Å². The summed E-state index contributed by atoms with van der Waals surface area (Å²) in [5, 5.41) is 3.14. The van der Waals surface area contributed by atoms with Gasteiger partial charge in [-0.3, -0.25) is 4.79 Å². The summed E-state index contributed by atoms with van der Waals surface area (Å²) in [5.41, 5.74) is 1.15. The van der Waals surface area contributed by atoms with Crippen molar-refractivity contribution >= 4 is 23.5 Å². The number of esters is 1. The zero-order valence-electron chi connectivity index (χ0n) is 13.5. The third-order valence-corrected chi connectivity index (χ3v) is 3.85. The minimum absolute atomic E-state index is 0.196. The lowest BCUT2D eigenvalue weighted by Crippen LogP contribution is -2.35. The van der Waals surface area contributed by atoms with Gasteiger partial charge in [0.25, 0.3) is 5.91 Å². The van der Waals surface area contributed by atoms with Crippen molar-refractivity contribution in [2.24, 2.45) is 0 Å². The van der Waals surface area contributed by atoms with E-state index in [1.54, 1.807) is 30.3 Å². The van der Waals surface area contributed by atoms with Crippen LogP contribution < -0.4 is 14.8 Å². The second kappa shape index (κ2) is 7.44. The van der Waals surface area contributed by atoms with Crippen molar-refractivity contribution in [1.29, 1.82) is 0 Å². The monoisotopic (exact) mass is 361 g/mol. The maximum Gasteiger partial charge on any atom is 0.338 e. The number of nitrogens with one attached hydrogen (secondary N) is 1. The predicted molar refractivity (Wildman–Crippen MR) is 90.7 cm³/mol. The van der Waals surface area contributed by atoms with E-state index in [0.29, 0.717) is 22.1 Å². The number of hydrogen-bond donors (Lipinski definition) is 1. The van der Waals surface area contributed by atoms with Crippen molar-refractivity contribution in [2.75, 3.05) is 6.79 Å². The third kappa shape index (κ3) is 4.22. The summed E-state index contributed by atoms with van der Waals surface area (Å²) in [6, 6.07) is 11.8. The SMILES string of the molecule is C[C@@H](OC(=O)c1cccc(Cl)c1)C(=O)NCc1ccc2c(c1)OCO2. The molecule has 1 aliphatic heterocycles. The van der Waals surface area contributed by atoms with Gasteiger partial charge in [0.15, 0.2) is 17.6 Å². The molecule has 0 saturated carbocycles. The molecule has 1 heterocycles. The first-order valence-electron chi connectivity index (χ1n) is 7.66. The molecule has 0 spiro atoms. The van der Waals surface area contributed by atoms with Crippen LogP contribution in [0.1, 0.15) is 22.8 Å². The molecule has 130 valence electrons. The molecular weight excluding hydrogens is 346 g/mol. The van der Waals surface area contributed by atoms with E-state index < -0.39 is 18.0 Å². The fourth-order valence-corrected chi connectivity index (χ4v) is 2.47. The van der Waals surface area contributed by atoms with Crippen LogP contribution in [0.15, 0.2) is 42.5 Å². The van der Waals surface area contributed by atoms with Crippen LogP contribution in [-0.2, 0) is 16.1 Å². The highest BCUT2D eigenvalue weighted by molar-refractivity contribution is 6.30. The number of carbonyl (C=O) groups excluding carboxylic acids is 2. The Kier molecular flexibility index (Phi) is 5.09. The Labute approximate surface area is 149 Å². The lowest BCUT2D eigenvalue weighted by Gasteiger charge is -2.14. The van der Waals surface area contributed by atoms with Crippen molar-refractivity contribution in [3.63, 3.8) is 0 Å². The summed E-state index contributed by atoms with van der Waals surface area (Å²) < 4.78 is 15.7. The average molecular weight is 362 g/mol. The standard InChI is InChI=1S/C18H16ClNO5/c1-11(25-18(22)13-3-2-4-14(19)8-13)17(21)20-9-12-5-6-15-16(7-12)24-10-23-15/h2-8,11H,9-10H2,1H3,(H,20,21)/t11-/m1/s1. The van der Waals surface area contributed by atoms with Gasteiger partial charge in [0, 0.05) is 11.6 Å². The second-order valence-corrected chi connectivity index (χ2v) is 5.90. The maximum atomic E-state index is 12.1. The third-order valence-electron chi connectivity index (χ3n) is 3.62. The van der Waals surface area contributed by atoms with Crippen LogP contribution in [0, 0.1) is 0 Å². The molecule has 6 nitrogen and oxygen atoms in total. The number of amides is 1. The summed E-state index contributed by atoms with van der Waals surface area (Å²) in [6.07, 6.45) is -0.930. The van der Waals surface area contributed by atoms with Crippen LogP contribution in [0.25, 0.3) is 0 Å². The van der Waals surface area contributed by atoms with Crippen molar-refractivity contribution in [2.45, 2.75) is 19.6 Å². The van der Waals surface area contributed by atoms with Crippen LogP contribution in [0.4, 0.5) is 0 Å². The first-order chi connectivity index (χ1) is 12.0. The molecule has 0 unspecified atom stereocenters. The van der Waals surface area contributed by atoms with E-state index in [0.717, 1.165) is 5.56 Å². The topological polar surface area (TPSA) is 73.9 Å².